The Morgan fingerprint density at radius 3 is 2.89 bits per heavy atom. The van der Waals surface area contributed by atoms with Crippen LogP contribution in [0, 0.1) is 17.2 Å². The Balaban J connectivity index is 2.02. The SMILES string of the molecule is C=C/C=c1/cc(-c2cccc(C#N)c2)cc(OCC2CCCNC2)/c1=C/N. The summed E-state index contributed by atoms with van der Waals surface area (Å²) in [6.07, 6.45) is 7.60. The number of nitriles is 1. The predicted molar refractivity (Wildman–Crippen MR) is 110 cm³/mol. The Morgan fingerprint density at radius 1 is 1.30 bits per heavy atom. The van der Waals surface area contributed by atoms with Crippen molar-refractivity contribution in [3.63, 3.8) is 0 Å². The second-order valence-corrected chi connectivity index (χ2v) is 6.76. The van der Waals surface area contributed by atoms with Crippen LogP contribution in [0.1, 0.15) is 18.4 Å². The number of allylic oxidation sites excluding steroid dienone is 1. The third-order valence-electron chi connectivity index (χ3n) is 4.84. The molecule has 1 heterocycles. The van der Waals surface area contributed by atoms with Crippen LogP contribution in [-0.2, 0) is 0 Å². The van der Waals surface area contributed by atoms with Crippen molar-refractivity contribution in [1.29, 1.82) is 5.26 Å². The van der Waals surface area contributed by atoms with Gasteiger partial charge in [0.05, 0.1) is 18.2 Å². The molecule has 0 saturated carbocycles. The van der Waals surface area contributed by atoms with E-state index >= 15 is 0 Å². The van der Waals surface area contributed by atoms with Crippen molar-refractivity contribution in [1.82, 2.24) is 5.32 Å². The maximum absolute atomic E-state index is 9.19. The van der Waals surface area contributed by atoms with Gasteiger partial charge in [-0.3, -0.25) is 0 Å². The molecule has 0 radical (unpaired) electrons. The molecule has 2 aromatic carbocycles. The highest BCUT2D eigenvalue weighted by atomic mass is 16.5. The average Bonchev–Trinajstić information content (AvgIpc) is 2.73. The highest BCUT2D eigenvalue weighted by molar-refractivity contribution is 5.68. The highest BCUT2D eigenvalue weighted by Gasteiger charge is 2.14. The average molecular weight is 359 g/mol. The van der Waals surface area contributed by atoms with Crippen LogP contribution in [0.3, 0.4) is 0 Å². The van der Waals surface area contributed by atoms with E-state index in [1.54, 1.807) is 18.3 Å². The predicted octanol–water partition coefficient (Wildman–Crippen LogP) is 2.27. The van der Waals surface area contributed by atoms with Crippen LogP contribution in [0.5, 0.6) is 5.75 Å². The topological polar surface area (TPSA) is 71.1 Å². The molecule has 1 atom stereocenters. The van der Waals surface area contributed by atoms with Gasteiger partial charge in [-0.2, -0.15) is 5.26 Å². The Morgan fingerprint density at radius 2 is 2.19 bits per heavy atom. The summed E-state index contributed by atoms with van der Waals surface area (Å²) in [4.78, 5) is 0. The molecule has 0 aromatic heterocycles. The van der Waals surface area contributed by atoms with Crippen LogP contribution in [0.25, 0.3) is 23.4 Å². The van der Waals surface area contributed by atoms with E-state index in [9.17, 15) is 5.26 Å². The van der Waals surface area contributed by atoms with Crippen LogP contribution < -0.4 is 26.2 Å². The van der Waals surface area contributed by atoms with Crippen LogP contribution in [0.2, 0.25) is 0 Å². The molecule has 1 saturated heterocycles. The smallest absolute Gasteiger partial charge is 0.129 e. The zero-order valence-corrected chi connectivity index (χ0v) is 15.4. The molecule has 1 aliphatic heterocycles. The van der Waals surface area contributed by atoms with Gasteiger partial charge in [0.15, 0.2) is 0 Å². The number of benzene rings is 2. The normalized spacial score (nSPS) is 18.1. The molecule has 0 bridgehead atoms. The molecule has 4 nitrogen and oxygen atoms in total. The van der Waals surface area contributed by atoms with Crippen molar-refractivity contribution in [3.05, 3.63) is 65.1 Å². The lowest BCUT2D eigenvalue weighted by molar-refractivity contribution is 0.217. The summed E-state index contributed by atoms with van der Waals surface area (Å²) in [6.45, 7) is 6.53. The molecule has 0 amide bonds. The molecule has 1 unspecified atom stereocenters. The zero-order valence-electron chi connectivity index (χ0n) is 15.4. The molecule has 3 N–H and O–H groups in total. The summed E-state index contributed by atoms with van der Waals surface area (Å²) in [5, 5.41) is 14.4. The lowest BCUT2D eigenvalue weighted by atomic mass is 10.00. The van der Waals surface area contributed by atoms with Gasteiger partial charge in [0, 0.05) is 23.9 Å². The molecule has 3 rings (SSSR count). The third kappa shape index (κ3) is 4.58. The van der Waals surface area contributed by atoms with Crippen LogP contribution in [-0.4, -0.2) is 19.7 Å². The summed E-state index contributed by atoms with van der Waals surface area (Å²) in [5.74, 6) is 1.26. The van der Waals surface area contributed by atoms with Gasteiger partial charge in [0.1, 0.15) is 5.75 Å². The summed E-state index contributed by atoms with van der Waals surface area (Å²) < 4.78 is 6.20. The van der Waals surface area contributed by atoms with E-state index in [1.807, 2.05) is 36.4 Å². The Bertz CT molecular complexity index is 966. The van der Waals surface area contributed by atoms with Crippen molar-refractivity contribution in [2.24, 2.45) is 11.7 Å². The van der Waals surface area contributed by atoms with Crippen molar-refractivity contribution >= 4 is 12.3 Å². The van der Waals surface area contributed by atoms with Crippen molar-refractivity contribution in [2.45, 2.75) is 12.8 Å². The Labute approximate surface area is 160 Å². The first-order valence-electron chi connectivity index (χ1n) is 9.28. The lowest BCUT2D eigenvalue weighted by Crippen LogP contribution is -2.34. The first kappa shape index (κ1) is 18.8. The maximum Gasteiger partial charge on any atom is 0.129 e. The van der Waals surface area contributed by atoms with Gasteiger partial charge in [0.25, 0.3) is 0 Å². The van der Waals surface area contributed by atoms with E-state index in [2.05, 4.69) is 18.0 Å². The maximum atomic E-state index is 9.19. The molecule has 1 fully saturated rings. The monoisotopic (exact) mass is 359 g/mol. The molecule has 4 heteroatoms. The fourth-order valence-corrected chi connectivity index (χ4v) is 3.42. The summed E-state index contributed by atoms with van der Waals surface area (Å²) in [6, 6.07) is 13.8. The standard InChI is InChI=1S/C23H25N3O/c1-2-5-20-11-21(19-8-3-6-17(10-19)13-24)12-23(22(20)14-25)27-16-18-7-4-9-26-15-18/h2-3,5-6,8,10-12,14,18,26H,1,4,7,9,15-16,25H2/b20-5-,22-14+. The third-order valence-corrected chi connectivity index (χ3v) is 4.84. The van der Waals surface area contributed by atoms with E-state index in [4.69, 9.17) is 10.5 Å². The van der Waals surface area contributed by atoms with E-state index in [-0.39, 0.29) is 0 Å². The fourth-order valence-electron chi connectivity index (χ4n) is 3.42. The number of rotatable bonds is 5. The van der Waals surface area contributed by atoms with Crippen LogP contribution in [0.4, 0.5) is 0 Å². The molecule has 0 spiro atoms. The van der Waals surface area contributed by atoms with Crippen molar-refractivity contribution in [3.8, 4) is 22.9 Å². The minimum atomic E-state index is 0.502. The van der Waals surface area contributed by atoms with E-state index in [0.717, 1.165) is 40.4 Å². The van der Waals surface area contributed by atoms with Gasteiger partial charge >= 0.3 is 0 Å². The van der Waals surface area contributed by atoms with Crippen molar-refractivity contribution in [2.75, 3.05) is 19.7 Å². The van der Waals surface area contributed by atoms with Gasteiger partial charge in [-0.1, -0.05) is 30.9 Å². The van der Waals surface area contributed by atoms with Gasteiger partial charge < -0.3 is 15.8 Å². The summed E-state index contributed by atoms with van der Waals surface area (Å²) in [5.41, 5.74) is 8.50. The second-order valence-electron chi connectivity index (χ2n) is 6.76. The lowest BCUT2D eigenvalue weighted by Gasteiger charge is -2.23. The number of hydrogen-bond donors (Lipinski definition) is 2. The Kier molecular flexibility index (Phi) is 6.30. The van der Waals surface area contributed by atoms with E-state index in [0.29, 0.717) is 18.1 Å². The van der Waals surface area contributed by atoms with Gasteiger partial charge in [-0.15, -0.1) is 0 Å². The molecule has 2 aromatic rings. The number of ether oxygens (including phenoxy) is 1. The minimum absolute atomic E-state index is 0.502. The second kappa shape index (κ2) is 9.07. The van der Waals surface area contributed by atoms with E-state index < -0.39 is 0 Å². The summed E-state index contributed by atoms with van der Waals surface area (Å²) >= 11 is 0. The highest BCUT2D eigenvalue weighted by Crippen LogP contribution is 2.22. The van der Waals surface area contributed by atoms with Gasteiger partial charge in [0.2, 0.25) is 0 Å². The fraction of sp³-hybridized carbons (Fsp3) is 0.261. The molecular weight excluding hydrogens is 334 g/mol. The van der Waals surface area contributed by atoms with Gasteiger partial charge in [-0.25, -0.2) is 0 Å². The number of nitrogens with one attached hydrogen (secondary N) is 1. The largest absolute Gasteiger partial charge is 0.493 e. The number of nitrogens with zero attached hydrogens (tertiary/aromatic N) is 1. The first-order chi connectivity index (χ1) is 13.2. The van der Waals surface area contributed by atoms with Gasteiger partial charge in [-0.05, 0) is 60.0 Å². The van der Waals surface area contributed by atoms with Crippen LogP contribution in [0.15, 0.2) is 49.1 Å². The first-order valence-corrected chi connectivity index (χ1v) is 9.28. The Hall–Kier alpha value is -3.03. The summed E-state index contributed by atoms with van der Waals surface area (Å²) in [7, 11) is 0. The molecular formula is C23H25N3O. The molecule has 27 heavy (non-hydrogen) atoms. The molecule has 0 aliphatic carbocycles. The van der Waals surface area contributed by atoms with Crippen molar-refractivity contribution < 1.29 is 4.74 Å². The van der Waals surface area contributed by atoms with E-state index in [1.165, 1.54) is 12.8 Å². The minimum Gasteiger partial charge on any atom is -0.493 e. The number of hydrogen-bond acceptors (Lipinski definition) is 4. The number of nitrogens with two attached hydrogens (primary N) is 1. The zero-order chi connectivity index (χ0) is 19.1. The quantitative estimate of drug-likeness (QED) is 0.859. The molecule has 138 valence electrons. The van der Waals surface area contributed by atoms with Crippen LogP contribution >= 0.6 is 0 Å². The number of piperidine rings is 1. The molecule has 1 aliphatic rings.